The number of rotatable bonds is 5. The number of aromatic nitrogens is 2. The fourth-order valence-electron chi connectivity index (χ4n) is 3.09. The van der Waals surface area contributed by atoms with Crippen molar-refractivity contribution in [3.63, 3.8) is 0 Å². The van der Waals surface area contributed by atoms with Crippen LogP contribution in [0.15, 0.2) is 30.5 Å². The molecule has 0 bridgehead atoms. The maximum absolute atomic E-state index is 11.9. The molecule has 128 valence electrons. The van der Waals surface area contributed by atoms with Gasteiger partial charge in [-0.3, -0.25) is 14.8 Å². The summed E-state index contributed by atoms with van der Waals surface area (Å²) in [4.78, 5) is 16.1. The Morgan fingerprint density at radius 2 is 2.08 bits per heavy atom. The van der Waals surface area contributed by atoms with Crippen molar-refractivity contribution in [2.24, 2.45) is 0 Å². The second-order valence-corrected chi connectivity index (χ2v) is 6.23. The maximum Gasteiger partial charge on any atom is 0.248 e. The van der Waals surface area contributed by atoms with Gasteiger partial charge in [0.2, 0.25) is 5.91 Å². The van der Waals surface area contributed by atoms with Crippen LogP contribution in [0.3, 0.4) is 0 Å². The van der Waals surface area contributed by atoms with E-state index in [0.29, 0.717) is 0 Å². The van der Waals surface area contributed by atoms with E-state index in [1.807, 2.05) is 11.1 Å². The third-order valence-corrected chi connectivity index (χ3v) is 4.41. The monoisotopic (exact) mass is 328 g/mol. The summed E-state index contributed by atoms with van der Waals surface area (Å²) in [6.45, 7) is 6.34. The number of ether oxygens (including phenoxy) is 1. The molecule has 0 saturated carbocycles. The molecular weight excluding hydrogens is 304 g/mol. The molecule has 1 aliphatic heterocycles. The summed E-state index contributed by atoms with van der Waals surface area (Å²) in [6.07, 6.45) is 1.90. The molecular formula is C18H24N4O2. The van der Waals surface area contributed by atoms with Gasteiger partial charge in [-0.05, 0) is 13.0 Å². The van der Waals surface area contributed by atoms with E-state index in [4.69, 9.17) is 4.74 Å². The predicted molar refractivity (Wildman–Crippen MR) is 92.5 cm³/mol. The number of amides is 1. The Bertz CT molecular complexity index is 690. The van der Waals surface area contributed by atoms with Crippen LogP contribution in [-0.4, -0.2) is 65.8 Å². The molecule has 2 heterocycles. The average molecular weight is 328 g/mol. The molecule has 1 aromatic heterocycles. The molecule has 1 aromatic carbocycles. The standard InChI is InChI=1S/C18H24N4O2/c1-14-4-3-5-15(10-14)18-16(11-19-20-18)12-21-6-8-22(9-7-21)17(23)13-24-2/h3-5,10-11H,6-9,12-13H2,1-2H3,(H,19,20). The van der Waals surface area contributed by atoms with Crippen molar-refractivity contribution in [1.82, 2.24) is 20.0 Å². The molecule has 1 amide bonds. The van der Waals surface area contributed by atoms with Crippen LogP contribution in [0.5, 0.6) is 0 Å². The zero-order valence-electron chi connectivity index (χ0n) is 14.3. The first-order valence-corrected chi connectivity index (χ1v) is 8.25. The molecule has 0 spiro atoms. The number of aromatic amines is 1. The van der Waals surface area contributed by atoms with E-state index in [1.165, 1.54) is 11.1 Å². The summed E-state index contributed by atoms with van der Waals surface area (Å²) in [7, 11) is 1.56. The number of hydrogen-bond donors (Lipinski definition) is 1. The first-order chi connectivity index (χ1) is 11.7. The van der Waals surface area contributed by atoms with Crippen LogP contribution < -0.4 is 0 Å². The Kier molecular flexibility index (Phi) is 5.27. The number of H-pyrrole nitrogens is 1. The van der Waals surface area contributed by atoms with E-state index in [0.717, 1.165) is 44.0 Å². The van der Waals surface area contributed by atoms with Gasteiger partial charge >= 0.3 is 0 Å². The lowest BCUT2D eigenvalue weighted by atomic mass is 10.1. The summed E-state index contributed by atoms with van der Waals surface area (Å²) < 4.78 is 4.93. The van der Waals surface area contributed by atoms with Crippen LogP contribution in [0.25, 0.3) is 11.3 Å². The van der Waals surface area contributed by atoms with Crippen LogP contribution in [-0.2, 0) is 16.1 Å². The molecule has 24 heavy (non-hydrogen) atoms. The number of piperazine rings is 1. The van der Waals surface area contributed by atoms with Crippen molar-refractivity contribution in [2.75, 3.05) is 39.9 Å². The van der Waals surface area contributed by atoms with Crippen molar-refractivity contribution >= 4 is 5.91 Å². The van der Waals surface area contributed by atoms with Gasteiger partial charge in [0, 0.05) is 51.0 Å². The van der Waals surface area contributed by atoms with Gasteiger partial charge in [0.25, 0.3) is 0 Å². The van der Waals surface area contributed by atoms with Gasteiger partial charge in [0.05, 0.1) is 11.9 Å². The Balaban J connectivity index is 1.62. The fraction of sp³-hybridized carbons (Fsp3) is 0.444. The quantitative estimate of drug-likeness (QED) is 0.907. The second-order valence-electron chi connectivity index (χ2n) is 6.23. The second kappa shape index (κ2) is 7.59. The molecule has 1 aliphatic rings. The number of hydrogen-bond acceptors (Lipinski definition) is 4. The van der Waals surface area contributed by atoms with Crippen molar-refractivity contribution < 1.29 is 9.53 Å². The summed E-state index contributed by atoms with van der Waals surface area (Å²) >= 11 is 0. The van der Waals surface area contributed by atoms with E-state index < -0.39 is 0 Å². The average Bonchev–Trinajstić information content (AvgIpc) is 3.04. The molecule has 1 N–H and O–H groups in total. The van der Waals surface area contributed by atoms with Crippen molar-refractivity contribution in [3.05, 3.63) is 41.6 Å². The van der Waals surface area contributed by atoms with Crippen LogP contribution in [0.2, 0.25) is 0 Å². The van der Waals surface area contributed by atoms with Crippen molar-refractivity contribution in [1.29, 1.82) is 0 Å². The number of carbonyl (C=O) groups is 1. The van der Waals surface area contributed by atoms with Gasteiger partial charge < -0.3 is 9.64 Å². The van der Waals surface area contributed by atoms with Gasteiger partial charge in [-0.15, -0.1) is 0 Å². The smallest absolute Gasteiger partial charge is 0.248 e. The van der Waals surface area contributed by atoms with E-state index in [2.05, 4.69) is 46.3 Å². The fourth-order valence-corrected chi connectivity index (χ4v) is 3.09. The van der Waals surface area contributed by atoms with Crippen molar-refractivity contribution in [3.8, 4) is 11.3 Å². The highest BCUT2D eigenvalue weighted by Gasteiger charge is 2.22. The Labute approximate surface area is 142 Å². The number of carbonyl (C=O) groups excluding carboxylic acids is 1. The van der Waals surface area contributed by atoms with Gasteiger partial charge in [0.15, 0.2) is 0 Å². The number of aryl methyl sites for hydroxylation is 1. The molecule has 1 fully saturated rings. The lowest BCUT2D eigenvalue weighted by molar-refractivity contribution is -0.136. The minimum atomic E-state index is 0.0703. The maximum atomic E-state index is 11.9. The van der Waals surface area contributed by atoms with Gasteiger partial charge in [0.1, 0.15) is 6.61 Å². The third-order valence-electron chi connectivity index (χ3n) is 4.41. The highest BCUT2D eigenvalue weighted by Crippen LogP contribution is 2.23. The largest absolute Gasteiger partial charge is 0.375 e. The lowest BCUT2D eigenvalue weighted by Gasteiger charge is -2.34. The predicted octanol–water partition coefficient (Wildman–Crippen LogP) is 1.68. The zero-order chi connectivity index (χ0) is 16.9. The molecule has 0 aliphatic carbocycles. The summed E-state index contributed by atoms with van der Waals surface area (Å²) in [5.74, 6) is 0.0703. The van der Waals surface area contributed by atoms with E-state index in [-0.39, 0.29) is 12.5 Å². The van der Waals surface area contributed by atoms with Crippen LogP contribution in [0.1, 0.15) is 11.1 Å². The molecule has 6 heteroatoms. The number of nitrogens with one attached hydrogen (secondary N) is 1. The Morgan fingerprint density at radius 3 is 2.79 bits per heavy atom. The van der Waals surface area contributed by atoms with E-state index >= 15 is 0 Å². The van der Waals surface area contributed by atoms with Gasteiger partial charge in [-0.2, -0.15) is 5.10 Å². The van der Waals surface area contributed by atoms with Crippen LogP contribution in [0.4, 0.5) is 0 Å². The molecule has 0 unspecified atom stereocenters. The third kappa shape index (κ3) is 3.83. The summed E-state index contributed by atoms with van der Waals surface area (Å²) in [6, 6.07) is 8.43. The molecule has 3 rings (SSSR count). The summed E-state index contributed by atoms with van der Waals surface area (Å²) in [5.41, 5.74) is 4.67. The first-order valence-electron chi connectivity index (χ1n) is 8.25. The SMILES string of the molecule is COCC(=O)N1CCN(Cc2cn[nH]c2-c2cccc(C)c2)CC1. The number of methoxy groups -OCH3 is 1. The Morgan fingerprint density at radius 1 is 1.29 bits per heavy atom. The van der Waals surface area contributed by atoms with Gasteiger partial charge in [-0.25, -0.2) is 0 Å². The molecule has 6 nitrogen and oxygen atoms in total. The molecule has 2 aromatic rings. The topological polar surface area (TPSA) is 61.5 Å². The highest BCUT2D eigenvalue weighted by atomic mass is 16.5. The van der Waals surface area contributed by atoms with Crippen LogP contribution in [0, 0.1) is 6.92 Å². The van der Waals surface area contributed by atoms with Gasteiger partial charge in [-0.1, -0.05) is 23.8 Å². The lowest BCUT2D eigenvalue weighted by Crippen LogP contribution is -2.49. The van der Waals surface area contributed by atoms with E-state index in [1.54, 1.807) is 7.11 Å². The number of nitrogens with zero attached hydrogens (tertiary/aromatic N) is 3. The molecule has 1 saturated heterocycles. The minimum Gasteiger partial charge on any atom is -0.375 e. The highest BCUT2D eigenvalue weighted by molar-refractivity contribution is 5.77. The summed E-state index contributed by atoms with van der Waals surface area (Å²) in [5, 5.41) is 7.35. The van der Waals surface area contributed by atoms with E-state index in [9.17, 15) is 4.79 Å². The van der Waals surface area contributed by atoms with Crippen molar-refractivity contribution in [2.45, 2.75) is 13.5 Å². The number of benzene rings is 1. The molecule has 0 radical (unpaired) electrons. The minimum absolute atomic E-state index is 0.0703. The molecule has 0 atom stereocenters. The normalized spacial score (nSPS) is 15.7. The first kappa shape index (κ1) is 16.7. The van der Waals surface area contributed by atoms with Crippen LogP contribution >= 0.6 is 0 Å². The Hall–Kier alpha value is -2.18. The zero-order valence-corrected chi connectivity index (χ0v) is 14.3.